The van der Waals surface area contributed by atoms with Gasteiger partial charge in [-0.1, -0.05) is 78.9 Å². The maximum absolute atomic E-state index is 14.0. The number of ether oxygens (including phenoxy) is 1. The second-order valence-corrected chi connectivity index (χ2v) is 11.0. The second kappa shape index (κ2) is 10.8. The molecule has 3 aliphatic rings. The van der Waals surface area contributed by atoms with Crippen molar-refractivity contribution in [2.24, 2.45) is 0 Å². The SMILES string of the molecule is O=C(NC1(C(=O)N2CCC[C@H]2C(=O)O)CCN(Cc2ccccc2)C1)OCC1c2ccccc2-c2ccccc21. The number of carbonyl (C=O) groups excluding carboxylic acids is 2. The zero-order valence-corrected chi connectivity index (χ0v) is 22.3. The molecule has 0 bridgehead atoms. The second-order valence-electron chi connectivity index (χ2n) is 11.0. The number of alkyl carbamates (subject to hydrolysis) is 1. The van der Waals surface area contributed by atoms with Gasteiger partial charge in [-0.3, -0.25) is 9.69 Å². The Kier molecular flexibility index (Phi) is 7.02. The van der Waals surface area contributed by atoms with E-state index in [-0.39, 0.29) is 25.0 Å². The Hall–Kier alpha value is -4.17. The minimum Gasteiger partial charge on any atom is -0.480 e. The highest BCUT2D eigenvalue weighted by molar-refractivity contribution is 5.94. The molecule has 0 radical (unpaired) electrons. The first-order valence-electron chi connectivity index (χ1n) is 13.9. The van der Waals surface area contributed by atoms with Crippen LogP contribution in [0.3, 0.4) is 0 Å². The average molecular weight is 540 g/mol. The number of benzene rings is 3. The van der Waals surface area contributed by atoms with E-state index in [1.807, 2.05) is 54.6 Å². The average Bonchev–Trinajstić information content (AvgIpc) is 3.69. The van der Waals surface area contributed by atoms with Gasteiger partial charge in [0.05, 0.1) is 0 Å². The fourth-order valence-corrected chi connectivity index (χ4v) is 6.57. The molecule has 40 heavy (non-hydrogen) atoms. The number of rotatable bonds is 7. The predicted octanol–water partition coefficient (Wildman–Crippen LogP) is 4.25. The van der Waals surface area contributed by atoms with E-state index in [2.05, 4.69) is 34.5 Å². The number of fused-ring (bicyclic) bond motifs is 3. The van der Waals surface area contributed by atoms with Gasteiger partial charge in [-0.15, -0.1) is 0 Å². The molecular weight excluding hydrogens is 506 g/mol. The molecule has 3 aromatic carbocycles. The zero-order chi connectivity index (χ0) is 27.7. The number of amides is 2. The van der Waals surface area contributed by atoms with Crippen LogP contribution < -0.4 is 5.32 Å². The lowest BCUT2D eigenvalue weighted by atomic mass is 9.96. The van der Waals surface area contributed by atoms with Crippen LogP contribution in [0.4, 0.5) is 4.79 Å². The third-order valence-corrected chi connectivity index (χ3v) is 8.49. The zero-order valence-electron chi connectivity index (χ0n) is 22.3. The van der Waals surface area contributed by atoms with Crippen LogP contribution in [0.25, 0.3) is 11.1 Å². The molecule has 0 aromatic heterocycles. The summed E-state index contributed by atoms with van der Waals surface area (Å²) in [5.41, 5.74) is 4.35. The fraction of sp³-hybridized carbons (Fsp3) is 0.344. The largest absolute Gasteiger partial charge is 0.480 e. The van der Waals surface area contributed by atoms with Crippen LogP contribution in [-0.4, -0.2) is 70.7 Å². The minimum atomic E-state index is -1.25. The Morgan fingerprint density at radius 1 is 0.900 bits per heavy atom. The summed E-state index contributed by atoms with van der Waals surface area (Å²) in [5.74, 6) is -1.46. The Labute approximate surface area is 233 Å². The Balaban J connectivity index is 1.20. The number of aliphatic carboxylic acids is 1. The van der Waals surface area contributed by atoms with Gasteiger partial charge in [0.25, 0.3) is 5.91 Å². The lowest BCUT2D eigenvalue weighted by Gasteiger charge is -2.35. The van der Waals surface area contributed by atoms with Gasteiger partial charge in [0, 0.05) is 32.1 Å². The summed E-state index contributed by atoms with van der Waals surface area (Å²) >= 11 is 0. The van der Waals surface area contributed by atoms with Crippen LogP contribution in [0, 0.1) is 0 Å². The summed E-state index contributed by atoms with van der Waals surface area (Å²) in [4.78, 5) is 42.8. The fourth-order valence-electron chi connectivity index (χ4n) is 6.57. The number of nitrogens with one attached hydrogen (secondary N) is 1. The molecule has 8 nitrogen and oxygen atoms in total. The normalized spacial score (nSPS) is 22.1. The number of hydrogen-bond acceptors (Lipinski definition) is 5. The summed E-state index contributed by atoms with van der Waals surface area (Å²) in [6.07, 6.45) is 0.752. The molecule has 2 aliphatic heterocycles. The summed E-state index contributed by atoms with van der Waals surface area (Å²) < 4.78 is 5.81. The smallest absolute Gasteiger partial charge is 0.408 e. The first kappa shape index (κ1) is 26.1. The topological polar surface area (TPSA) is 99.2 Å². The molecule has 2 heterocycles. The summed E-state index contributed by atoms with van der Waals surface area (Å²) in [6, 6.07) is 25.3. The molecule has 6 rings (SSSR count). The molecule has 2 amide bonds. The van der Waals surface area contributed by atoms with Crippen molar-refractivity contribution in [3.63, 3.8) is 0 Å². The number of carboxylic acid groups (broad SMARTS) is 1. The summed E-state index contributed by atoms with van der Waals surface area (Å²) in [5, 5.41) is 12.7. The van der Waals surface area contributed by atoms with Gasteiger partial charge in [-0.05, 0) is 47.1 Å². The van der Waals surface area contributed by atoms with Gasteiger partial charge >= 0.3 is 12.1 Å². The van der Waals surface area contributed by atoms with Crippen LogP contribution in [0.2, 0.25) is 0 Å². The van der Waals surface area contributed by atoms with E-state index >= 15 is 0 Å². The van der Waals surface area contributed by atoms with Gasteiger partial charge in [-0.25, -0.2) is 9.59 Å². The summed E-state index contributed by atoms with van der Waals surface area (Å²) in [6.45, 7) is 2.01. The molecule has 8 heteroatoms. The van der Waals surface area contributed by atoms with Gasteiger partial charge in [-0.2, -0.15) is 0 Å². The summed E-state index contributed by atoms with van der Waals surface area (Å²) in [7, 11) is 0. The van der Waals surface area contributed by atoms with Crippen LogP contribution in [-0.2, 0) is 20.9 Å². The van der Waals surface area contributed by atoms with Gasteiger partial charge in [0.2, 0.25) is 0 Å². The van der Waals surface area contributed by atoms with Crippen molar-refractivity contribution in [1.82, 2.24) is 15.1 Å². The quantitative estimate of drug-likeness (QED) is 0.466. The van der Waals surface area contributed by atoms with Crippen molar-refractivity contribution in [2.75, 3.05) is 26.2 Å². The molecule has 0 spiro atoms. The first-order chi connectivity index (χ1) is 19.4. The van der Waals surface area contributed by atoms with Crippen molar-refractivity contribution in [3.8, 4) is 11.1 Å². The van der Waals surface area contributed by atoms with Crippen molar-refractivity contribution >= 4 is 18.0 Å². The Morgan fingerprint density at radius 2 is 1.55 bits per heavy atom. The molecule has 1 unspecified atom stereocenters. The first-order valence-corrected chi connectivity index (χ1v) is 13.9. The molecule has 1 aliphatic carbocycles. The van der Waals surface area contributed by atoms with Crippen molar-refractivity contribution < 1.29 is 24.2 Å². The molecule has 2 N–H and O–H groups in total. The molecule has 206 valence electrons. The van der Waals surface area contributed by atoms with Crippen molar-refractivity contribution in [3.05, 3.63) is 95.6 Å². The molecule has 0 saturated carbocycles. The van der Waals surface area contributed by atoms with Crippen LogP contribution in [0.15, 0.2) is 78.9 Å². The van der Waals surface area contributed by atoms with Gasteiger partial charge in [0.15, 0.2) is 0 Å². The van der Waals surface area contributed by atoms with Crippen LogP contribution in [0.5, 0.6) is 0 Å². The van der Waals surface area contributed by atoms with E-state index in [1.165, 1.54) is 4.90 Å². The van der Waals surface area contributed by atoms with E-state index < -0.39 is 23.6 Å². The monoisotopic (exact) mass is 539 g/mol. The van der Waals surface area contributed by atoms with Gasteiger partial charge < -0.3 is 20.1 Å². The number of carbonyl (C=O) groups is 3. The molecule has 2 atom stereocenters. The highest BCUT2D eigenvalue weighted by Gasteiger charge is 2.51. The maximum Gasteiger partial charge on any atom is 0.408 e. The minimum absolute atomic E-state index is 0.0991. The van der Waals surface area contributed by atoms with E-state index in [1.54, 1.807) is 0 Å². The third-order valence-electron chi connectivity index (χ3n) is 8.49. The molecule has 3 aromatic rings. The Morgan fingerprint density at radius 3 is 2.23 bits per heavy atom. The van der Waals surface area contributed by atoms with E-state index in [0.29, 0.717) is 38.9 Å². The molecule has 2 fully saturated rings. The molecule has 2 saturated heterocycles. The lowest BCUT2D eigenvalue weighted by Crippen LogP contribution is -2.62. The number of hydrogen-bond donors (Lipinski definition) is 2. The van der Waals surface area contributed by atoms with Crippen molar-refractivity contribution in [1.29, 1.82) is 0 Å². The van der Waals surface area contributed by atoms with E-state index in [4.69, 9.17) is 4.74 Å². The maximum atomic E-state index is 14.0. The lowest BCUT2D eigenvalue weighted by molar-refractivity contribution is -0.150. The van der Waals surface area contributed by atoms with Gasteiger partial charge in [0.1, 0.15) is 18.2 Å². The standard InChI is InChI=1S/C32H33N3O5/c36-29(37)28-15-8-17-35(28)30(38)32(16-18-34(21-32)19-22-9-2-1-3-10-22)33-31(39)40-20-27-25-13-6-4-11-23(25)24-12-5-7-14-26(24)27/h1-7,9-14,27-28H,8,15-21H2,(H,33,39)(H,36,37)/t28-,32?/m0/s1. The Bertz CT molecular complexity index is 1380. The van der Waals surface area contributed by atoms with Crippen molar-refractivity contribution in [2.45, 2.75) is 43.3 Å². The third kappa shape index (κ3) is 4.84. The predicted molar refractivity (Wildman–Crippen MR) is 150 cm³/mol. The highest BCUT2D eigenvalue weighted by Crippen LogP contribution is 2.44. The van der Waals surface area contributed by atoms with Crippen LogP contribution in [0.1, 0.15) is 41.9 Å². The van der Waals surface area contributed by atoms with Crippen LogP contribution >= 0.6 is 0 Å². The highest BCUT2D eigenvalue weighted by atomic mass is 16.5. The van der Waals surface area contributed by atoms with E-state index in [0.717, 1.165) is 27.8 Å². The number of nitrogens with zero attached hydrogens (tertiary/aromatic N) is 2. The number of carboxylic acids is 1. The number of likely N-dealkylation sites (tertiary alicyclic amines) is 2. The van der Waals surface area contributed by atoms with E-state index in [9.17, 15) is 19.5 Å². The molecular formula is C32H33N3O5.